The smallest absolute Gasteiger partial charge is 0.407 e. The number of carbonyl (C=O) groups is 1. The van der Waals surface area contributed by atoms with Gasteiger partial charge in [0.2, 0.25) is 0 Å². The largest absolute Gasteiger partial charge is 0.449 e. The summed E-state index contributed by atoms with van der Waals surface area (Å²) in [6.07, 6.45) is -4.49. The molecule has 6 nitrogen and oxygen atoms in total. The molecule has 9 heteroatoms. The Morgan fingerprint density at radius 3 is 2.18 bits per heavy atom. The van der Waals surface area contributed by atoms with E-state index in [0.717, 1.165) is 40.5 Å². The van der Waals surface area contributed by atoms with Crippen LogP contribution in [0.5, 0.6) is 5.75 Å². The number of ether oxygens (including phenoxy) is 2. The Bertz CT molecular complexity index is 1130. The number of halogens is 3. The molecule has 2 unspecified atom stereocenters. The zero-order valence-electron chi connectivity index (χ0n) is 17.8. The molecule has 0 aliphatic heterocycles. The normalized spacial score (nSPS) is 14.3. The van der Waals surface area contributed by atoms with E-state index in [1.165, 1.54) is 0 Å². The second-order valence-electron chi connectivity index (χ2n) is 7.75. The number of nitrogens with one attached hydrogen (secondary N) is 1. The van der Waals surface area contributed by atoms with Crippen LogP contribution in [-0.4, -0.2) is 42.2 Å². The maximum Gasteiger partial charge on any atom is 0.407 e. The van der Waals surface area contributed by atoms with Crippen LogP contribution in [0.15, 0.2) is 66.7 Å². The minimum Gasteiger partial charge on any atom is -0.449 e. The third-order valence-corrected chi connectivity index (χ3v) is 5.69. The number of alkyl carbamates (subject to hydrolysis) is 1. The van der Waals surface area contributed by atoms with E-state index in [-0.39, 0.29) is 12.5 Å². The maximum atomic E-state index is 14.1. The number of alkyl halides is 2. The molecule has 0 radical (unpaired) electrons. The average molecular weight is 473 g/mol. The van der Waals surface area contributed by atoms with Crippen LogP contribution < -0.4 is 10.1 Å². The predicted octanol–water partition coefficient (Wildman–Crippen LogP) is 4.36. The van der Waals surface area contributed by atoms with Gasteiger partial charge in [-0.05, 0) is 34.4 Å². The summed E-state index contributed by atoms with van der Waals surface area (Å²) in [5.74, 6) is -1.81. The van der Waals surface area contributed by atoms with Crippen molar-refractivity contribution >= 4 is 6.09 Å². The maximum absolute atomic E-state index is 14.1. The van der Waals surface area contributed by atoms with Gasteiger partial charge in [-0.3, -0.25) is 0 Å². The number of aliphatic hydroxyl groups excluding tert-OH is 2. The van der Waals surface area contributed by atoms with E-state index in [9.17, 15) is 28.2 Å². The summed E-state index contributed by atoms with van der Waals surface area (Å²) in [6.45, 7) is -3.72. The number of rotatable bonds is 8. The molecule has 3 aromatic rings. The molecule has 4 rings (SSSR count). The van der Waals surface area contributed by atoms with Crippen molar-refractivity contribution in [3.05, 3.63) is 89.2 Å². The summed E-state index contributed by atoms with van der Waals surface area (Å²) in [7, 11) is 0. The van der Waals surface area contributed by atoms with Gasteiger partial charge >= 0.3 is 12.7 Å². The highest BCUT2D eigenvalue weighted by Gasteiger charge is 2.30. The molecule has 1 amide bonds. The Morgan fingerprint density at radius 1 is 0.941 bits per heavy atom. The van der Waals surface area contributed by atoms with Crippen molar-refractivity contribution in [1.82, 2.24) is 5.32 Å². The lowest BCUT2D eigenvalue weighted by Gasteiger charge is -2.21. The van der Waals surface area contributed by atoms with E-state index >= 15 is 0 Å². The summed E-state index contributed by atoms with van der Waals surface area (Å²) in [5.41, 5.74) is 3.55. The summed E-state index contributed by atoms with van der Waals surface area (Å²) in [5, 5.41) is 22.8. The molecule has 0 aromatic heterocycles. The second-order valence-corrected chi connectivity index (χ2v) is 7.75. The highest BCUT2D eigenvalue weighted by atomic mass is 19.3. The van der Waals surface area contributed by atoms with E-state index in [0.29, 0.717) is 0 Å². The van der Waals surface area contributed by atoms with Gasteiger partial charge in [-0.1, -0.05) is 54.6 Å². The van der Waals surface area contributed by atoms with Crippen molar-refractivity contribution in [2.24, 2.45) is 0 Å². The van der Waals surface area contributed by atoms with Crippen LogP contribution in [0, 0.1) is 5.82 Å². The van der Waals surface area contributed by atoms with Crippen molar-refractivity contribution < 1.29 is 37.7 Å². The van der Waals surface area contributed by atoms with Crippen molar-refractivity contribution in [2.45, 2.75) is 24.7 Å². The second kappa shape index (κ2) is 10.1. The van der Waals surface area contributed by atoms with Crippen LogP contribution in [-0.2, 0) is 4.74 Å². The van der Waals surface area contributed by atoms with Gasteiger partial charge in [-0.15, -0.1) is 0 Å². The zero-order valence-corrected chi connectivity index (χ0v) is 17.8. The van der Waals surface area contributed by atoms with Gasteiger partial charge in [0.05, 0.1) is 5.56 Å². The molecule has 1 aliphatic carbocycles. The van der Waals surface area contributed by atoms with Gasteiger partial charge < -0.3 is 25.0 Å². The van der Waals surface area contributed by atoms with Gasteiger partial charge in [0.25, 0.3) is 0 Å². The molecule has 3 aromatic carbocycles. The summed E-state index contributed by atoms with van der Waals surface area (Å²) in [6, 6.07) is 18.7. The van der Waals surface area contributed by atoms with Crippen molar-refractivity contribution in [2.75, 3.05) is 13.2 Å². The number of hydrogen-bond acceptors (Lipinski definition) is 5. The third kappa shape index (κ3) is 4.85. The van der Waals surface area contributed by atoms with E-state index in [4.69, 9.17) is 4.74 Å². The molecule has 1 aliphatic rings. The van der Waals surface area contributed by atoms with Gasteiger partial charge in [0.15, 0.2) is 0 Å². The Morgan fingerprint density at radius 2 is 1.56 bits per heavy atom. The van der Waals surface area contributed by atoms with E-state index in [2.05, 4.69) is 10.1 Å². The standard InChI is InChI=1S/C25H22F3NO5/c26-19-10-5-11-21(34-24(27)28)22(19)23(31)20(30)12-29-25(32)33-13-18-16-8-3-1-6-14(16)15-7-2-4-9-17(15)18/h1-11,18,20,23-24,30-31H,12-13H2,(H,29,32). The Balaban J connectivity index is 1.36. The SMILES string of the molecule is O=C(NCC(O)C(O)c1c(F)cccc1OC(F)F)OCC1c2ccccc2-c2ccccc21. The first-order chi connectivity index (χ1) is 16.4. The molecule has 0 spiro atoms. The van der Waals surface area contributed by atoms with Gasteiger partial charge in [0, 0.05) is 12.5 Å². The summed E-state index contributed by atoms with van der Waals surface area (Å²) in [4.78, 5) is 12.2. The first-order valence-electron chi connectivity index (χ1n) is 10.5. The lowest BCUT2D eigenvalue weighted by Crippen LogP contribution is -2.36. The van der Waals surface area contributed by atoms with Crippen LogP contribution in [0.2, 0.25) is 0 Å². The fraction of sp³-hybridized carbons (Fsp3) is 0.240. The van der Waals surface area contributed by atoms with Crippen LogP contribution in [0.1, 0.15) is 28.7 Å². The highest BCUT2D eigenvalue weighted by Crippen LogP contribution is 2.44. The first kappa shape index (κ1) is 23.6. The molecule has 178 valence electrons. The molecule has 0 fully saturated rings. The van der Waals surface area contributed by atoms with Crippen molar-refractivity contribution in [3.8, 4) is 16.9 Å². The van der Waals surface area contributed by atoms with Crippen LogP contribution in [0.25, 0.3) is 11.1 Å². The lowest BCUT2D eigenvalue weighted by atomic mass is 9.98. The number of benzene rings is 3. The average Bonchev–Trinajstić information content (AvgIpc) is 3.14. The third-order valence-electron chi connectivity index (χ3n) is 5.69. The molecule has 0 heterocycles. The first-order valence-corrected chi connectivity index (χ1v) is 10.5. The monoisotopic (exact) mass is 473 g/mol. The number of carbonyl (C=O) groups excluding carboxylic acids is 1. The molecular formula is C25H22F3NO5. The van der Waals surface area contributed by atoms with E-state index < -0.39 is 48.6 Å². The number of fused-ring (bicyclic) bond motifs is 3. The number of hydrogen-bond donors (Lipinski definition) is 3. The molecule has 2 atom stereocenters. The van der Waals surface area contributed by atoms with Crippen molar-refractivity contribution in [3.63, 3.8) is 0 Å². The molecule has 0 saturated heterocycles. The van der Waals surface area contributed by atoms with Gasteiger partial charge in [-0.2, -0.15) is 8.78 Å². The molecule has 3 N–H and O–H groups in total. The summed E-state index contributed by atoms with van der Waals surface area (Å²) >= 11 is 0. The number of amides is 1. The predicted molar refractivity (Wildman–Crippen MR) is 117 cm³/mol. The lowest BCUT2D eigenvalue weighted by molar-refractivity contribution is -0.0542. The molecular weight excluding hydrogens is 451 g/mol. The van der Waals surface area contributed by atoms with Gasteiger partial charge in [0.1, 0.15) is 30.4 Å². The molecule has 0 saturated carbocycles. The van der Waals surface area contributed by atoms with Crippen LogP contribution in [0.3, 0.4) is 0 Å². The van der Waals surface area contributed by atoms with Gasteiger partial charge in [-0.25, -0.2) is 9.18 Å². The van der Waals surface area contributed by atoms with E-state index in [1.54, 1.807) is 0 Å². The summed E-state index contributed by atoms with van der Waals surface area (Å²) < 4.78 is 48.9. The minimum atomic E-state index is -3.25. The van der Waals surface area contributed by atoms with Crippen molar-refractivity contribution in [1.29, 1.82) is 0 Å². The highest BCUT2D eigenvalue weighted by molar-refractivity contribution is 5.79. The Kier molecular flexibility index (Phi) is 7.04. The topological polar surface area (TPSA) is 88.0 Å². The molecule has 0 bridgehead atoms. The fourth-order valence-electron chi connectivity index (χ4n) is 4.14. The van der Waals surface area contributed by atoms with Crippen LogP contribution in [0.4, 0.5) is 18.0 Å². The molecule has 34 heavy (non-hydrogen) atoms. The minimum absolute atomic E-state index is 0.0399. The quantitative estimate of drug-likeness (QED) is 0.453. The van der Waals surface area contributed by atoms with E-state index in [1.807, 2.05) is 48.5 Å². The zero-order chi connectivity index (χ0) is 24.2. The van der Waals surface area contributed by atoms with Crippen LogP contribution >= 0.6 is 0 Å². The Labute approximate surface area is 193 Å². The number of aliphatic hydroxyl groups is 2. The fourth-order valence-corrected chi connectivity index (χ4v) is 4.14. The Hall–Kier alpha value is -3.56.